The Morgan fingerprint density at radius 1 is 1.41 bits per heavy atom. The summed E-state index contributed by atoms with van der Waals surface area (Å²) in [6.45, 7) is 1.88. The van der Waals surface area contributed by atoms with Crippen LogP contribution in [0.15, 0.2) is 12.5 Å². The second-order valence-corrected chi connectivity index (χ2v) is 4.28. The van der Waals surface area contributed by atoms with Gasteiger partial charge in [-0.1, -0.05) is 0 Å². The fourth-order valence-electron chi connectivity index (χ4n) is 2.36. The van der Waals surface area contributed by atoms with Crippen LogP contribution in [0.3, 0.4) is 0 Å². The minimum Gasteiger partial charge on any atom is -0.381 e. The first kappa shape index (κ1) is 10.5. The lowest BCUT2D eigenvalue weighted by Crippen LogP contribution is -2.47. The van der Waals surface area contributed by atoms with Gasteiger partial charge in [0.25, 0.3) is 0 Å². The van der Waals surface area contributed by atoms with Crippen molar-refractivity contribution in [2.45, 2.75) is 18.9 Å². The van der Waals surface area contributed by atoms with Crippen molar-refractivity contribution in [3.8, 4) is 0 Å². The minimum atomic E-state index is -0.00112. The van der Waals surface area contributed by atoms with E-state index in [4.69, 9.17) is 4.74 Å². The van der Waals surface area contributed by atoms with Gasteiger partial charge in [-0.05, 0) is 12.8 Å². The third-order valence-corrected chi connectivity index (χ3v) is 3.18. The number of rotatable bonds is 1. The van der Waals surface area contributed by atoms with Gasteiger partial charge in [-0.2, -0.15) is 0 Å². The molecular weight excluding hydrogens is 220 g/mol. The molecule has 0 radical (unpaired) electrons. The van der Waals surface area contributed by atoms with Crippen LogP contribution < -0.4 is 10.2 Å². The van der Waals surface area contributed by atoms with Crippen molar-refractivity contribution in [1.82, 2.24) is 9.97 Å². The number of nitrogens with zero attached hydrogens (tertiary/aromatic N) is 3. The number of ether oxygens (including phenoxy) is 1. The highest BCUT2D eigenvalue weighted by molar-refractivity contribution is 6.00. The van der Waals surface area contributed by atoms with E-state index in [0.717, 1.165) is 31.9 Å². The number of aromatic nitrogens is 2. The first-order chi connectivity index (χ1) is 8.34. The number of hydrogen-bond donors (Lipinski definition) is 1. The van der Waals surface area contributed by atoms with Crippen LogP contribution in [0.1, 0.15) is 12.8 Å². The highest BCUT2D eigenvalue weighted by atomic mass is 16.5. The van der Waals surface area contributed by atoms with Gasteiger partial charge >= 0.3 is 0 Å². The Morgan fingerprint density at radius 2 is 2.24 bits per heavy atom. The van der Waals surface area contributed by atoms with Crippen LogP contribution in [0.25, 0.3) is 0 Å². The van der Waals surface area contributed by atoms with Crippen molar-refractivity contribution in [3.05, 3.63) is 12.5 Å². The Morgan fingerprint density at radius 3 is 3.06 bits per heavy atom. The lowest BCUT2D eigenvalue weighted by molar-refractivity contribution is -0.115. The molecule has 6 nitrogen and oxygen atoms in total. The van der Waals surface area contributed by atoms with Gasteiger partial charge in [0, 0.05) is 19.3 Å². The van der Waals surface area contributed by atoms with Crippen LogP contribution in [0.2, 0.25) is 0 Å². The number of anilines is 2. The molecular formula is C11H14N4O2. The number of carbonyl (C=O) groups is 1. The number of hydrogen-bond acceptors (Lipinski definition) is 5. The maximum atomic E-state index is 11.6. The maximum Gasteiger partial charge on any atom is 0.244 e. The highest BCUT2D eigenvalue weighted by Gasteiger charge is 2.30. The van der Waals surface area contributed by atoms with Crippen molar-refractivity contribution < 1.29 is 9.53 Å². The van der Waals surface area contributed by atoms with E-state index in [0.29, 0.717) is 18.3 Å². The van der Waals surface area contributed by atoms with E-state index < -0.39 is 0 Å². The normalized spacial score (nSPS) is 20.9. The van der Waals surface area contributed by atoms with Gasteiger partial charge in [0.15, 0.2) is 5.82 Å². The van der Waals surface area contributed by atoms with Gasteiger partial charge in [0.2, 0.25) is 5.91 Å². The molecule has 0 aromatic carbocycles. The van der Waals surface area contributed by atoms with E-state index in [-0.39, 0.29) is 5.91 Å². The van der Waals surface area contributed by atoms with Gasteiger partial charge < -0.3 is 15.0 Å². The summed E-state index contributed by atoms with van der Waals surface area (Å²) in [4.78, 5) is 21.9. The van der Waals surface area contributed by atoms with Gasteiger partial charge in [-0.3, -0.25) is 4.79 Å². The van der Waals surface area contributed by atoms with Gasteiger partial charge in [-0.25, -0.2) is 9.97 Å². The first-order valence-corrected chi connectivity index (χ1v) is 5.79. The summed E-state index contributed by atoms with van der Waals surface area (Å²) in [7, 11) is 0. The summed E-state index contributed by atoms with van der Waals surface area (Å²) >= 11 is 0. The van der Waals surface area contributed by atoms with Gasteiger partial charge in [0.1, 0.15) is 12.0 Å². The van der Waals surface area contributed by atoms with Crippen molar-refractivity contribution in [3.63, 3.8) is 0 Å². The number of amides is 1. The molecule has 1 saturated heterocycles. The predicted octanol–water partition coefficient (Wildman–Crippen LogP) is 0.414. The fourth-order valence-corrected chi connectivity index (χ4v) is 2.36. The summed E-state index contributed by atoms with van der Waals surface area (Å²) < 4.78 is 5.35. The Hall–Kier alpha value is -1.69. The molecule has 0 bridgehead atoms. The molecule has 1 fully saturated rings. The summed E-state index contributed by atoms with van der Waals surface area (Å²) in [6, 6.07) is 0.337. The Kier molecular flexibility index (Phi) is 2.64. The molecule has 6 heteroatoms. The third-order valence-electron chi connectivity index (χ3n) is 3.18. The Bertz CT molecular complexity index is 431. The van der Waals surface area contributed by atoms with Crippen LogP contribution in [-0.4, -0.2) is 41.7 Å². The number of fused-ring (bicyclic) bond motifs is 1. The molecule has 3 heterocycles. The van der Waals surface area contributed by atoms with E-state index in [2.05, 4.69) is 20.2 Å². The molecule has 0 aliphatic carbocycles. The second-order valence-electron chi connectivity index (χ2n) is 4.28. The SMILES string of the molecule is O=C1CN(C2CCOCC2)c2ncncc2N1. The molecule has 0 spiro atoms. The number of nitrogens with one attached hydrogen (secondary N) is 1. The van der Waals surface area contributed by atoms with Crippen molar-refractivity contribution in [2.75, 3.05) is 30.0 Å². The molecule has 0 saturated carbocycles. The zero-order valence-electron chi connectivity index (χ0n) is 9.43. The van der Waals surface area contributed by atoms with Crippen LogP contribution in [0.4, 0.5) is 11.5 Å². The van der Waals surface area contributed by atoms with Crippen molar-refractivity contribution >= 4 is 17.4 Å². The Balaban J connectivity index is 1.91. The highest BCUT2D eigenvalue weighted by Crippen LogP contribution is 2.29. The summed E-state index contributed by atoms with van der Waals surface area (Å²) in [5.74, 6) is 0.824. The quantitative estimate of drug-likeness (QED) is 0.762. The van der Waals surface area contributed by atoms with Crippen LogP contribution in [0.5, 0.6) is 0 Å². The summed E-state index contributed by atoms with van der Waals surface area (Å²) in [5, 5.41) is 2.79. The van der Waals surface area contributed by atoms with E-state index >= 15 is 0 Å². The van der Waals surface area contributed by atoms with E-state index in [1.165, 1.54) is 6.33 Å². The number of carbonyl (C=O) groups excluding carboxylic acids is 1. The topological polar surface area (TPSA) is 67.4 Å². The van der Waals surface area contributed by atoms with Crippen LogP contribution in [-0.2, 0) is 9.53 Å². The van der Waals surface area contributed by atoms with Crippen molar-refractivity contribution in [1.29, 1.82) is 0 Å². The molecule has 90 valence electrons. The largest absolute Gasteiger partial charge is 0.381 e. The monoisotopic (exact) mass is 234 g/mol. The van der Waals surface area contributed by atoms with E-state index in [1.54, 1.807) is 6.20 Å². The predicted molar refractivity (Wildman–Crippen MR) is 61.8 cm³/mol. The molecule has 3 rings (SSSR count). The lowest BCUT2D eigenvalue weighted by Gasteiger charge is -2.37. The molecule has 17 heavy (non-hydrogen) atoms. The van der Waals surface area contributed by atoms with E-state index in [1.807, 2.05) is 0 Å². The minimum absolute atomic E-state index is 0.00112. The van der Waals surface area contributed by atoms with Crippen molar-refractivity contribution in [2.24, 2.45) is 0 Å². The fraction of sp³-hybridized carbons (Fsp3) is 0.545. The molecule has 1 aromatic rings. The molecule has 1 N–H and O–H groups in total. The molecule has 2 aliphatic heterocycles. The summed E-state index contributed by atoms with van der Waals surface area (Å²) in [5.41, 5.74) is 0.704. The lowest BCUT2D eigenvalue weighted by atomic mass is 10.1. The van der Waals surface area contributed by atoms with Gasteiger partial charge in [-0.15, -0.1) is 0 Å². The smallest absolute Gasteiger partial charge is 0.244 e. The molecule has 1 aromatic heterocycles. The molecule has 2 aliphatic rings. The molecule has 1 amide bonds. The Labute approximate surface area is 99.0 Å². The molecule has 0 atom stereocenters. The van der Waals surface area contributed by atoms with Crippen LogP contribution >= 0.6 is 0 Å². The zero-order valence-corrected chi connectivity index (χ0v) is 9.43. The summed E-state index contributed by atoms with van der Waals surface area (Å²) in [6.07, 6.45) is 5.04. The first-order valence-electron chi connectivity index (χ1n) is 5.79. The molecule has 0 unspecified atom stereocenters. The van der Waals surface area contributed by atoms with Gasteiger partial charge in [0.05, 0.1) is 12.7 Å². The third kappa shape index (κ3) is 1.95. The average molecular weight is 234 g/mol. The average Bonchev–Trinajstić information content (AvgIpc) is 2.39. The van der Waals surface area contributed by atoms with E-state index in [9.17, 15) is 4.79 Å². The maximum absolute atomic E-state index is 11.6. The van der Waals surface area contributed by atoms with Crippen LogP contribution in [0, 0.1) is 0 Å². The second kappa shape index (κ2) is 4.29. The standard InChI is InChI=1S/C11H14N4O2/c16-10-6-15(8-1-3-17-4-2-8)11-9(14-10)5-12-7-13-11/h5,7-8H,1-4,6H2,(H,14,16). The zero-order chi connectivity index (χ0) is 11.7.